The van der Waals surface area contributed by atoms with Crippen molar-refractivity contribution in [3.63, 3.8) is 0 Å². The number of halogens is 2. The Balaban J connectivity index is 2.50. The second kappa shape index (κ2) is 4.10. The van der Waals surface area contributed by atoms with Crippen LogP contribution in [0.5, 0.6) is 0 Å². The van der Waals surface area contributed by atoms with Crippen LogP contribution in [0, 0.1) is 0 Å². The molecule has 1 saturated heterocycles. The number of nitrogens with one attached hydrogen (secondary N) is 1. The van der Waals surface area contributed by atoms with Crippen LogP contribution in [0.15, 0.2) is 0 Å². The number of alkyl halides is 2. The monoisotopic (exact) mass is 227 g/mol. The van der Waals surface area contributed by atoms with Crippen LogP contribution in [0.1, 0.15) is 19.8 Å². The molecular weight excluding hydrogens is 212 g/mol. The minimum absolute atomic E-state index is 0.400. The summed E-state index contributed by atoms with van der Waals surface area (Å²) in [5.41, 5.74) is 0. The van der Waals surface area contributed by atoms with Crippen LogP contribution in [-0.4, -0.2) is 38.4 Å². The van der Waals surface area contributed by atoms with Crippen molar-refractivity contribution < 1.29 is 17.2 Å². The van der Waals surface area contributed by atoms with Gasteiger partial charge >= 0.3 is 0 Å². The van der Waals surface area contributed by atoms with E-state index in [1.807, 2.05) is 0 Å². The average molecular weight is 227 g/mol. The van der Waals surface area contributed by atoms with E-state index in [0.29, 0.717) is 19.5 Å². The first kappa shape index (κ1) is 11.8. The molecule has 0 amide bonds. The lowest BCUT2D eigenvalue weighted by Gasteiger charge is -2.13. The van der Waals surface area contributed by atoms with Gasteiger partial charge in [0, 0.05) is 13.0 Å². The summed E-state index contributed by atoms with van der Waals surface area (Å²) in [6.45, 7) is 1.81. The molecule has 84 valence electrons. The molecule has 0 aromatic rings. The van der Waals surface area contributed by atoms with Crippen LogP contribution < -0.4 is 5.32 Å². The Bertz CT molecular complexity index is 278. The SMILES string of the molecule is CC(F)(F)CCS(=O)(=O)C1CCNC1. The van der Waals surface area contributed by atoms with Gasteiger partial charge in [-0.05, 0) is 19.9 Å². The third-order valence-corrected chi connectivity index (χ3v) is 4.54. The molecule has 1 aliphatic rings. The molecule has 1 fully saturated rings. The Morgan fingerprint density at radius 2 is 2.14 bits per heavy atom. The summed E-state index contributed by atoms with van der Waals surface area (Å²) < 4.78 is 47.9. The molecule has 0 bridgehead atoms. The first-order valence-electron chi connectivity index (χ1n) is 4.61. The second-order valence-corrected chi connectivity index (χ2v) is 6.20. The van der Waals surface area contributed by atoms with E-state index in [4.69, 9.17) is 0 Å². The summed E-state index contributed by atoms with van der Waals surface area (Å²) in [6.07, 6.45) is -0.0382. The molecule has 0 aromatic carbocycles. The lowest BCUT2D eigenvalue weighted by Crippen LogP contribution is -2.28. The van der Waals surface area contributed by atoms with E-state index in [1.165, 1.54) is 0 Å². The molecule has 14 heavy (non-hydrogen) atoms. The van der Waals surface area contributed by atoms with E-state index in [2.05, 4.69) is 5.32 Å². The van der Waals surface area contributed by atoms with E-state index in [0.717, 1.165) is 6.92 Å². The normalized spacial score (nSPS) is 24.1. The maximum atomic E-state index is 12.5. The highest BCUT2D eigenvalue weighted by Gasteiger charge is 2.31. The molecule has 0 aromatic heterocycles. The molecule has 1 rings (SSSR count). The van der Waals surface area contributed by atoms with Gasteiger partial charge in [-0.25, -0.2) is 17.2 Å². The van der Waals surface area contributed by atoms with Gasteiger partial charge in [0.05, 0.1) is 11.0 Å². The summed E-state index contributed by atoms with van der Waals surface area (Å²) in [5, 5.41) is 2.44. The third-order valence-electron chi connectivity index (χ3n) is 2.35. The smallest absolute Gasteiger partial charge is 0.246 e. The Morgan fingerprint density at radius 3 is 2.57 bits per heavy atom. The fourth-order valence-corrected chi connectivity index (χ4v) is 3.25. The number of hydrogen-bond donors (Lipinski definition) is 1. The molecule has 1 aliphatic heterocycles. The van der Waals surface area contributed by atoms with Crippen LogP contribution in [0.4, 0.5) is 8.78 Å². The molecule has 1 N–H and O–H groups in total. The lowest BCUT2D eigenvalue weighted by atomic mass is 10.3. The summed E-state index contributed by atoms with van der Waals surface area (Å²) in [6, 6.07) is 0. The van der Waals surface area contributed by atoms with E-state index in [1.54, 1.807) is 0 Å². The molecule has 6 heteroatoms. The van der Waals surface area contributed by atoms with Gasteiger partial charge in [0.25, 0.3) is 0 Å². The van der Waals surface area contributed by atoms with Crippen molar-refractivity contribution in [3.8, 4) is 0 Å². The maximum absolute atomic E-state index is 12.5. The highest BCUT2D eigenvalue weighted by Crippen LogP contribution is 2.20. The topological polar surface area (TPSA) is 46.2 Å². The molecule has 3 nitrogen and oxygen atoms in total. The zero-order chi connectivity index (χ0) is 10.8. The Labute approximate surface area is 82.8 Å². The summed E-state index contributed by atoms with van der Waals surface area (Å²) >= 11 is 0. The van der Waals surface area contributed by atoms with Crippen LogP contribution >= 0.6 is 0 Å². The number of sulfone groups is 1. The average Bonchev–Trinajstić information content (AvgIpc) is 2.52. The van der Waals surface area contributed by atoms with Gasteiger partial charge in [0.2, 0.25) is 5.92 Å². The molecule has 1 atom stereocenters. The van der Waals surface area contributed by atoms with Gasteiger partial charge in [0.15, 0.2) is 9.84 Å². The first-order valence-corrected chi connectivity index (χ1v) is 6.33. The zero-order valence-electron chi connectivity index (χ0n) is 8.09. The minimum Gasteiger partial charge on any atom is -0.315 e. The van der Waals surface area contributed by atoms with E-state index in [9.17, 15) is 17.2 Å². The van der Waals surface area contributed by atoms with Crippen molar-refractivity contribution in [1.29, 1.82) is 0 Å². The molecule has 1 heterocycles. The van der Waals surface area contributed by atoms with Crippen molar-refractivity contribution in [2.24, 2.45) is 0 Å². The van der Waals surface area contributed by atoms with Gasteiger partial charge in [-0.3, -0.25) is 0 Å². The highest BCUT2D eigenvalue weighted by atomic mass is 32.2. The lowest BCUT2D eigenvalue weighted by molar-refractivity contribution is 0.0189. The second-order valence-electron chi connectivity index (χ2n) is 3.80. The number of hydrogen-bond acceptors (Lipinski definition) is 3. The van der Waals surface area contributed by atoms with Gasteiger partial charge in [-0.1, -0.05) is 0 Å². The quantitative estimate of drug-likeness (QED) is 0.773. The molecule has 0 radical (unpaired) electrons. The predicted octanol–water partition coefficient (Wildman–Crippen LogP) is 0.808. The Morgan fingerprint density at radius 1 is 1.50 bits per heavy atom. The fourth-order valence-electron chi connectivity index (χ4n) is 1.42. The van der Waals surface area contributed by atoms with Crippen molar-refractivity contribution in [3.05, 3.63) is 0 Å². The predicted molar refractivity (Wildman–Crippen MR) is 50.3 cm³/mol. The van der Waals surface area contributed by atoms with Crippen LogP contribution in [-0.2, 0) is 9.84 Å². The third kappa shape index (κ3) is 3.49. The van der Waals surface area contributed by atoms with Crippen LogP contribution in [0.2, 0.25) is 0 Å². The van der Waals surface area contributed by atoms with Crippen molar-refractivity contribution in [1.82, 2.24) is 5.32 Å². The van der Waals surface area contributed by atoms with Gasteiger partial charge in [-0.15, -0.1) is 0 Å². The molecule has 0 spiro atoms. The maximum Gasteiger partial charge on any atom is 0.246 e. The molecule has 0 aliphatic carbocycles. The summed E-state index contributed by atoms with van der Waals surface area (Å²) in [5.74, 6) is -3.30. The minimum atomic E-state index is -3.34. The van der Waals surface area contributed by atoms with Gasteiger partial charge < -0.3 is 5.32 Å². The van der Waals surface area contributed by atoms with E-state index in [-0.39, 0.29) is 0 Å². The standard InChI is InChI=1S/C8H15F2NO2S/c1-8(9,10)3-5-14(12,13)7-2-4-11-6-7/h7,11H,2-6H2,1H3. The zero-order valence-corrected chi connectivity index (χ0v) is 8.91. The van der Waals surface area contributed by atoms with Gasteiger partial charge in [-0.2, -0.15) is 0 Å². The van der Waals surface area contributed by atoms with Crippen molar-refractivity contribution >= 4 is 9.84 Å². The van der Waals surface area contributed by atoms with Crippen LogP contribution in [0.3, 0.4) is 0 Å². The number of rotatable bonds is 4. The van der Waals surface area contributed by atoms with Gasteiger partial charge in [0.1, 0.15) is 0 Å². The molecule has 0 saturated carbocycles. The molecular formula is C8H15F2NO2S. The van der Waals surface area contributed by atoms with Crippen molar-refractivity contribution in [2.75, 3.05) is 18.8 Å². The van der Waals surface area contributed by atoms with Crippen LogP contribution in [0.25, 0.3) is 0 Å². The molecule has 1 unspecified atom stereocenters. The summed E-state index contributed by atoms with van der Waals surface area (Å²) in [7, 11) is -3.34. The van der Waals surface area contributed by atoms with E-state index < -0.39 is 33.2 Å². The Hall–Kier alpha value is -0.230. The summed E-state index contributed by atoms with van der Waals surface area (Å²) in [4.78, 5) is 0. The largest absolute Gasteiger partial charge is 0.315 e. The van der Waals surface area contributed by atoms with Crippen molar-refractivity contribution in [2.45, 2.75) is 30.9 Å². The first-order chi connectivity index (χ1) is 6.31. The van der Waals surface area contributed by atoms with E-state index >= 15 is 0 Å². The Kier molecular flexibility index (Phi) is 3.47. The fraction of sp³-hybridized carbons (Fsp3) is 1.00. The highest BCUT2D eigenvalue weighted by molar-refractivity contribution is 7.92.